The van der Waals surface area contributed by atoms with Crippen LogP contribution in [0.3, 0.4) is 0 Å². The Morgan fingerprint density at radius 2 is 2.00 bits per heavy atom. The molecule has 0 aliphatic rings. The summed E-state index contributed by atoms with van der Waals surface area (Å²) in [7, 11) is 0. The Balaban J connectivity index is 2.08. The van der Waals surface area contributed by atoms with E-state index in [1.54, 1.807) is 11.3 Å². The molecule has 0 fully saturated rings. The van der Waals surface area contributed by atoms with E-state index >= 15 is 0 Å². The van der Waals surface area contributed by atoms with Gasteiger partial charge in [-0.15, -0.1) is 11.3 Å². The maximum absolute atomic E-state index is 11.0. The second-order valence-corrected chi connectivity index (χ2v) is 6.02. The lowest BCUT2D eigenvalue weighted by molar-refractivity contribution is -0.114. The van der Waals surface area contributed by atoms with Crippen molar-refractivity contribution in [3.8, 4) is 0 Å². The van der Waals surface area contributed by atoms with Crippen LogP contribution in [0.1, 0.15) is 24.8 Å². The second-order valence-electron chi connectivity index (χ2n) is 4.27. The zero-order valence-electron chi connectivity index (χ0n) is 10.7. The summed E-state index contributed by atoms with van der Waals surface area (Å²) in [5, 5.41) is 6.15. The Hall–Kier alpha value is -1.52. The average Bonchev–Trinajstić information content (AvgIpc) is 2.75. The fourth-order valence-corrected chi connectivity index (χ4v) is 2.84. The van der Waals surface area contributed by atoms with E-state index in [1.165, 1.54) is 11.8 Å². The van der Waals surface area contributed by atoms with Crippen LogP contribution in [0.15, 0.2) is 36.4 Å². The lowest BCUT2D eigenvalue weighted by Crippen LogP contribution is -2.07. The van der Waals surface area contributed by atoms with Gasteiger partial charge in [0.1, 0.15) is 0 Å². The van der Waals surface area contributed by atoms with Crippen molar-refractivity contribution in [3.63, 3.8) is 0 Å². The van der Waals surface area contributed by atoms with Gasteiger partial charge in [0.25, 0.3) is 0 Å². The van der Waals surface area contributed by atoms with Gasteiger partial charge in [0, 0.05) is 23.2 Å². The molecule has 0 saturated heterocycles. The van der Waals surface area contributed by atoms with Crippen molar-refractivity contribution < 1.29 is 4.79 Å². The number of benzene rings is 1. The fraction of sp³-hybridized carbons (Fsp3) is 0.214. The molecule has 1 aromatic heterocycles. The number of halogens is 1. The van der Waals surface area contributed by atoms with Gasteiger partial charge in [0.05, 0.1) is 10.4 Å². The van der Waals surface area contributed by atoms with Gasteiger partial charge in [0.2, 0.25) is 5.91 Å². The van der Waals surface area contributed by atoms with Crippen LogP contribution < -0.4 is 10.6 Å². The van der Waals surface area contributed by atoms with Gasteiger partial charge in [-0.2, -0.15) is 0 Å². The van der Waals surface area contributed by atoms with Crippen molar-refractivity contribution in [2.75, 3.05) is 10.6 Å². The number of hydrogen-bond acceptors (Lipinski definition) is 3. The number of thiophene rings is 1. The fourth-order valence-electron chi connectivity index (χ4n) is 1.77. The minimum absolute atomic E-state index is 0.0739. The molecular formula is C14H15ClN2OS. The van der Waals surface area contributed by atoms with Crippen LogP contribution in [-0.2, 0) is 4.79 Å². The van der Waals surface area contributed by atoms with Crippen LogP contribution >= 0.6 is 22.9 Å². The molecule has 1 amide bonds. The van der Waals surface area contributed by atoms with Crippen LogP contribution in [0, 0.1) is 0 Å². The highest BCUT2D eigenvalue weighted by atomic mass is 35.5. The van der Waals surface area contributed by atoms with Crippen LogP contribution in [0.25, 0.3) is 0 Å². The van der Waals surface area contributed by atoms with Gasteiger partial charge in [-0.25, -0.2) is 0 Å². The molecule has 1 unspecified atom stereocenters. The second kappa shape index (κ2) is 6.08. The lowest BCUT2D eigenvalue weighted by atomic mass is 10.2. The van der Waals surface area contributed by atoms with E-state index in [-0.39, 0.29) is 11.9 Å². The molecule has 1 heterocycles. The molecule has 0 aliphatic heterocycles. The van der Waals surface area contributed by atoms with E-state index in [2.05, 4.69) is 17.6 Å². The normalized spacial score (nSPS) is 11.9. The zero-order chi connectivity index (χ0) is 13.8. The highest BCUT2D eigenvalue weighted by Crippen LogP contribution is 2.29. The quantitative estimate of drug-likeness (QED) is 0.869. The maximum Gasteiger partial charge on any atom is 0.221 e. The third kappa shape index (κ3) is 3.98. The molecular weight excluding hydrogens is 280 g/mol. The highest BCUT2D eigenvalue weighted by Gasteiger charge is 2.08. The Labute approximate surface area is 121 Å². The SMILES string of the molecule is CC(=O)Nc1cccc(NC(C)c2ccc(Cl)s2)c1. The smallest absolute Gasteiger partial charge is 0.221 e. The number of amides is 1. The van der Waals surface area contributed by atoms with E-state index in [0.29, 0.717) is 0 Å². The van der Waals surface area contributed by atoms with Crippen molar-refractivity contribution in [2.45, 2.75) is 19.9 Å². The van der Waals surface area contributed by atoms with Crippen molar-refractivity contribution in [2.24, 2.45) is 0 Å². The van der Waals surface area contributed by atoms with Crippen molar-refractivity contribution in [1.29, 1.82) is 0 Å². The molecule has 100 valence electrons. The lowest BCUT2D eigenvalue weighted by Gasteiger charge is -2.14. The predicted octanol–water partition coefficient (Wildman–Crippen LogP) is 4.53. The summed E-state index contributed by atoms with van der Waals surface area (Å²) < 4.78 is 0.788. The minimum Gasteiger partial charge on any atom is -0.378 e. The highest BCUT2D eigenvalue weighted by molar-refractivity contribution is 7.16. The molecule has 2 aromatic rings. The molecule has 2 rings (SSSR count). The number of nitrogens with one attached hydrogen (secondary N) is 2. The number of carbonyl (C=O) groups excluding carboxylic acids is 1. The molecule has 0 bridgehead atoms. The monoisotopic (exact) mass is 294 g/mol. The average molecular weight is 295 g/mol. The van der Waals surface area contributed by atoms with E-state index in [1.807, 2.05) is 36.4 Å². The van der Waals surface area contributed by atoms with Gasteiger partial charge in [-0.3, -0.25) is 4.79 Å². The Morgan fingerprint density at radius 3 is 2.63 bits per heavy atom. The predicted molar refractivity (Wildman–Crippen MR) is 82.1 cm³/mol. The minimum atomic E-state index is -0.0739. The van der Waals surface area contributed by atoms with E-state index in [9.17, 15) is 4.79 Å². The van der Waals surface area contributed by atoms with Crippen LogP contribution in [-0.4, -0.2) is 5.91 Å². The first-order chi connectivity index (χ1) is 9.04. The molecule has 0 radical (unpaired) electrons. The van der Waals surface area contributed by atoms with Gasteiger partial charge in [-0.05, 0) is 37.3 Å². The van der Waals surface area contributed by atoms with Gasteiger partial charge >= 0.3 is 0 Å². The molecule has 5 heteroatoms. The largest absolute Gasteiger partial charge is 0.378 e. The summed E-state index contributed by atoms with van der Waals surface area (Å²) in [4.78, 5) is 12.2. The molecule has 2 N–H and O–H groups in total. The standard InChI is InChI=1S/C14H15ClN2OS/c1-9(13-6-7-14(15)19-13)16-11-4-3-5-12(8-11)17-10(2)18/h3-9,16H,1-2H3,(H,17,18). The maximum atomic E-state index is 11.0. The summed E-state index contributed by atoms with van der Waals surface area (Å²) >= 11 is 7.50. The first-order valence-corrected chi connectivity index (χ1v) is 7.13. The summed E-state index contributed by atoms with van der Waals surface area (Å²) in [6, 6.07) is 11.7. The number of rotatable bonds is 4. The van der Waals surface area contributed by atoms with Crippen LogP contribution in [0.5, 0.6) is 0 Å². The third-order valence-corrected chi connectivity index (χ3v) is 4.00. The molecule has 0 aliphatic carbocycles. The van der Waals surface area contributed by atoms with Crippen LogP contribution in [0.2, 0.25) is 4.34 Å². The molecule has 1 aromatic carbocycles. The van der Waals surface area contributed by atoms with E-state index < -0.39 is 0 Å². The Kier molecular flexibility index (Phi) is 4.45. The number of hydrogen-bond donors (Lipinski definition) is 2. The topological polar surface area (TPSA) is 41.1 Å². The first kappa shape index (κ1) is 13.9. The molecule has 0 spiro atoms. The van der Waals surface area contributed by atoms with Crippen molar-refractivity contribution in [3.05, 3.63) is 45.6 Å². The number of carbonyl (C=O) groups is 1. The van der Waals surface area contributed by atoms with E-state index in [0.717, 1.165) is 15.7 Å². The van der Waals surface area contributed by atoms with Crippen molar-refractivity contribution in [1.82, 2.24) is 0 Å². The summed E-state index contributed by atoms with van der Waals surface area (Å²) in [5.41, 5.74) is 1.75. The summed E-state index contributed by atoms with van der Waals surface area (Å²) in [6.45, 7) is 3.57. The summed E-state index contributed by atoms with van der Waals surface area (Å²) in [5.74, 6) is -0.0739. The number of anilines is 2. The molecule has 0 saturated carbocycles. The van der Waals surface area contributed by atoms with Gasteiger partial charge < -0.3 is 10.6 Å². The van der Waals surface area contributed by atoms with E-state index in [4.69, 9.17) is 11.6 Å². The molecule has 19 heavy (non-hydrogen) atoms. The molecule has 3 nitrogen and oxygen atoms in total. The van der Waals surface area contributed by atoms with Gasteiger partial charge in [-0.1, -0.05) is 17.7 Å². The third-order valence-electron chi connectivity index (χ3n) is 2.59. The summed E-state index contributed by atoms with van der Waals surface area (Å²) in [6.07, 6.45) is 0. The first-order valence-electron chi connectivity index (χ1n) is 5.94. The zero-order valence-corrected chi connectivity index (χ0v) is 12.3. The van der Waals surface area contributed by atoms with Crippen LogP contribution in [0.4, 0.5) is 11.4 Å². The molecule has 1 atom stereocenters. The van der Waals surface area contributed by atoms with Crippen molar-refractivity contribution >= 4 is 40.2 Å². The Morgan fingerprint density at radius 1 is 1.26 bits per heavy atom. The Bertz CT molecular complexity index is 582. The van der Waals surface area contributed by atoms with Gasteiger partial charge in [0.15, 0.2) is 0 Å².